The first-order chi connectivity index (χ1) is 7.59. The lowest BCUT2D eigenvalue weighted by Crippen LogP contribution is -1.98. The maximum atomic E-state index is 5.86. The molecule has 0 aliphatic heterocycles. The second kappa shape index (κ2) is 4.33. The Bertz CT molecular complexity index is 487. The number of anilines is 1. The number of hydrogen-bond donors (Lipinski definition) is 2. The van der Waals surface area contributed by atoms with Crippen LogP contribution in [-0.2, 0) is 6.42 Å². The van der Waals surface area contributed by atoms with Crippen molar-refractivity contribution in [3.8, 4) is 11.3 Å². The first-order valence-corrected chi connectivity index (χ1v) is 5.95. The molecule has 0 amide bonds. The number of nitrogens with two attached hydrogens (primary N) is 1. The van der Waals surface area contributed by atoms with Crippen molar-refractivity contribution < 1.29 is 4.42 Å². The zero-order chi connectivity index (χ0) is 11.7. The van der Waals surface area contributed by atoms with Gasteiger partial charge >= 0.3 is 0 Å². The van der Waals surface area contributed by atoms with Crippen LogP contribution in [-0.4, -0.2) is 10.2 Å². The van der Waals surface area contributed by atoms with Gasteiger partial charge in [0, 0.05) is 5.56 Å². The Morgan fingerprint density at radius 2 is 2.31 bits per heavy atom. The van der Waals surface area contributed by atoms with E-state index in [4.69, 9.17) is 10.2 Å². The van der Waals surface area contributed by atoms with Crippen molar-refractivity contribution in [2.75, 3.05) is 5.73 Å². The Balaban J connectivity index is 2.46. The zero-order valence-electron chi connectivity index (χ0n) is 9.25. The summed E-state index contributed by atoms with van der Waals surface area (Å²) in [5.41, 5.74) is 8.81. The maximum Gasteiger partial charge on any atom is 0.178 e. The molecule has 2 aromatic rings. The van der Waals surface area contributed by atoms with Crippen molar-refractivity contribution >= 4 is 21.7 Å². The van der Waals surface area contributed by atoms with E-state index in [2.05, 4.69) is 40.0 Å². The molecule has 3 N–H and O–H groups in total. The van der Waals surface area contributed by atoms with Crippen LogP contribution in [0.4, 0.5) is 5.82 Å². The molecule has 86 valence electrons. The van der Waals surface area contributed by atoms with Crippen molar-refractivity contribution in [1.82, 2.24) is 10.2 Å². The smallest absolute Gasteiger partial charge is 0.178 e. The summed E-state index contributed by atoms with van der Waals surface area (Å²) in [6, 6.07) is 1.89. The molecule has 0 aromatic carbocycles. The number of aromatic nitrogens is 2. The van der Waals surface area contributed by atoms with E-state index in [1.807, 2.05) is 6.07 Å². The fourth-order valence-electron chi connectivity index (χ4n) is 1.69. The summed E-state index contributed by atoms with van der Waals surface area (Å²) in [5.74, 6) is 1.10. The van der Waals surface area contributed by atoms with Crippen molar-refractivity contribution in [3.05, 3.63) is 22.6 Å². The van der Waals surface area contributed by atoms with Gasteiger partial charge in [-0.1, -0.05) is 13.8 Å². The van der Waals surface area contributed by atoms with Gasteiger partial charge in [0.15, 0.2) is 4.67 Å². The highest BCUT2D eigenvalue weighted by atomic mass is 79.9. The summed E-state index contributed by atoms with van der Waals surface area (Å²) in [6.07, 6.45) is 2.53. The molecule has 0 atom stereocenters. The predicted molar refractivity (Wildman–Crippen MR) is 66.9 cm³/mol. The minimum absolute atomic E-state index is 0.532. The fourth-order valence-corrected chi connectivity index (χ4v) is 2.13. The van der Waals surface area contributed by atoms with Crippen molar-refractivity contribution in [2.45, 2.75) is 20.3 Å². The van der Waals surface area contributed by atoms with Gasteiger partial charge in [-0.05, 0) is 34.3 Å². The largest absolute Gasteiger partial charge is 0.457 e. The lowest BCUT2D eigenvalue weighted by atomic mass is 10.0. The third-order valence-corrected chi connectivity index (χ3v) is 3.01. The van der Waals surface area contributed by atoms with Crippen LogP contribution in [0.25, 0.3) is 11.3 Å². The first kappa shape index (κ1) is 11.3. The topological polar surface area (TPSA) is 67.8 Å². The number of nitrogens with one attached hydrogen (secondary N) is 1. The molecule has 0 aliphatic rings. The third kappa shape index (κ3) is 2.00. The van der Waals surface area contributed by atoms with E-state index in [-0.39, 0.29) is 0 Å². The summed E-state index contributed by atoms with van der Waals surface area (Å²) in [7, 11) is 0. The molecule has 0 saturated heterocycles. The number of furan rings is 1. The molecule has 0 radical (unpaired) electrons. The van der Waals surface area contributed by atoms with E-state index in [0.29, 0.717) is 16.4 Å². The molecule has 0 aliphatic carbocycles. The van der Waals surface area contributed by atoms with Gasteiger partial charge in [-0.2, -0.15) is 5.10 Å². The Kier molecular flexibility index (Phi) is 3.05. The molecular formula is C11H14BrN3O. The molecule has 0 spiro atoms. The van der Waals surface area contributed by atoms with Gasteiger partial charge in [0.25, 0.3) is 0 Å². The minimum atomic E-state index is 0.532. The molecule has 0 unspecified atom stereocenters. The fraction of sp³-hybridized carbons (Fsp3) is 0.364. The molecule has 5 heteroatoms. The minimum Gasteiger partial charge on any atom is -0.457 e. The summed E-state index contributed by atoms with van der Waals surface area (Å²) in [6.45, 7) is 4.31. The Labute approximate surface area is 102 Å². The van der Waals surface area contributed by atoms with Gasteiger partial charge in [-0.3, -0.25) is 5.10 Å². The Morgan fingerprint density at radius 1 is 1.56 bits per heavy atom. The number of halogens is 1. The summed E-state index contributed by atoms with van der Waals surface area (Å²) >= 11 is 3.36. The average Bonchev–Trinajstić information content (AvgIpc) is 2.75. The van der Waals surface area contributed by atoms with Gasteiger partial charge in [0.05, 0.1) is 17.5 Å². The normalized spacial score (nSPS) is 11.2. The van der Waals surface area contributed by atoms with E-state index < -0.39 is 0 Å². The van der Waals surface area contributed by atoms with Crippen LogP contribution in [0.15, 0.2) is 21.4 Å². The van der Waals surface area contributed by atoms with Crippen LogP contribution in [0.2, 0.25) is 0 Å². The zero-order valence-corrected chi connectivity index (χ0v) is 10.8. The Hall–Kier alpha value is -1.23. The number of hydrogen-bond acceptors (Lipinski definition) is 3. The van der Waals surface area contributed by atoms with Gasteiger partial charge in [-0.15, -0.1) is 0 Å². The molecule has 0 saturated carbocycles. The molecule has 4 nitrogen and oxygen atoms in total. The molecule has 0 bridgehead atoms. The van der Waals surface area contributed by atoms with Crippen LogP contribution in [0, 0.1) is 5.92 Å². The van der Waals surface area contributed by atoms with E-state index in [9.17, 15) is 0 Å². The van der Waals surface area contributed by atoms with Crippen molar-refractivity contribution in [3.63, 3.8) is 0 Å². The second-order valence-corrected chi connectivity index (χ2v) is 4.89. The Morgan fingerprint density at radius 3 is 2.88 bits per heavy atom. The molecule has 2 aromatic heterocycles. The number of nitrogens with zero attached hydrogens (tertiary/aromatic N) is 1. The number of aromatic amines is 1. The van der Waals surface area contributed by atoms with Gasteiger partial charge in [0.2, 0.25) is 0 Å². The number of H-pyrrole nitrogens is 1. The van der Waals surface area contributed by atoms with Gasteiger partial charge < -0.3 is 10.2 Å². The van der Waals surface area contributed by atoms with E-state index in [1.54, 1.807) is 6.26 Å². The summed E-state index contributed by atoms with van der Waals surface area (Å²) in [5, 5.41) is 7.01. The van der Waals surface area contributed by atoms with Gasteiger partial charge in [-0.25, -0.2) is 0 Å². The second-order valence-electron chi connectivity index (χ2n) is 4.17. The van der Waals surface area contributed by atoms with Crippen LogP contribution in [0.5, 0.6) is 0 Å². The van der Waals surface area contributed by atoms with Gasteiger partial charge in [0.1, 0.15) is 5.82 Å². The SMILES string of the molecule is CC(C)Cc1c(N)n[nH]c1-c1ccoc1Br. The van der Waals surface area contributed by atoms with E-state index >= 15 is 0 Å². The maximum absolute atomic E-state index is 5.86. The summed E-state index contributed by atoms with van der Waals surface area (Å²) < 4.78 is 5.91. The third-order valence-electron chi connectivity index (χ3n) is 2.40. The number of nitrogen functional groups attached to an aromatic ring is 1. The van der Waals surface area contributed by atoms with E-state index in [1.165, 1.54) is 0 Å². The highest BCUT2D eigenvalue weighted by Crippen LogP contribution is 2.33. The molecule has 16 heavy (non-hydrogen) atoms. The highest BCUT2D eigenvalue weighted by molar-refractivity contribution is 9.10. The van der Waals surface area contributed by atoms with Crippen LogP contribution >= 0.6 is 15.9 Å². The highest BCUT2D eigenvalue weighted by Gasteiger charge is 2.17. The standard InChI is InChI=1S/C11H14BrN3O/c1-6(2)5-8-9(14-15-11(8)13)7-3-4-16-10(7)12/h3-4,6H,5H2,1-2H3,(H3,13,14,15). The lowest BCUT2D eigenvalue weighted by Gasteiger charge is -2.05. The first-order valence-electron chi connectivity index (χ1n) is 5.15. The monoisotopic (exact) mass is 283 g/mol. The van der Waals surface area contributed by atoms with Crippen molar-refractivity contribution in [1.29, 1.82) is 0 Å². The van der Waals surface area contributed by atoms with Crippen LogP contribution in [0.3, 0.4) is 0 Å². The van der Waals surface area contributed by atoms with Crippen LogP contribution in [0.1, 0.15) is 19.4 Å². The quantitative estimate of drug-likeness (QED) is 0.909. The predicted octanol–water partition coefficient (Wildman–Crippen LogP) is 3.21. The summed E-state index contributed by atoms with van der Waals surface area (Å²) in [4.78, 5) is 0. The van der Waals surface area contributed by atoms with Crippen LogP contribution < -0.4 is 5.73 Å². The molecule has 0 fully saturated rings. The van der Waals surface area contributed by atoms with Crippen molar-refractivity contribution in [2.24, 2.45) is 5.92 Å². The molecule has 2 rings (SSSR count). The molecular weight excluding hydrogens is 270 g/mol. The lowest BCUT2D eigenvalue weighted by molar-refractivity contribution is 0.542. The van der Waals surface area contributed by atoms with E-state index in [0.717, 1.165) is 23.2 Å². The average molecular weight is 284 g/mol. The number of rotatable bonds is 3. The molecule has 2 heterocycles.